The van der Waals surface area contributed by atoms with Gasteiger partial charge in [-0.05, 0) is 18.2 Å². The molecule has 0 fully saturated rings. The van der Waals surface area contributed by atoms with Gasteiger partial charge in [0.25, 0.3) is 0 Å². The van der Waals surface area contributed by atoms with E-state index in [9.17, 15) is 9.90 Å². The minimum absolute atomic E-state index is 0.0314. The number of rotatable bonds is 1. The molecule has 78 valence electrons. The molecule has 15 heavy (non-hydrogen) atoms. The molecule has 0 amide bonds. The summed E-state index contributed by atoms with van der Waals surface area (Å²) < 4.78 is 4.55. The number of aromatic amines is 1. The van der Waals surface area contributed by atoms with E-state index in [1.54, 1.807) is 6.07 Å². The number of phenols is 1. The molecule has 1 aromatic carbocycles. The highest BCUT2D eigenvalue weighted by molar-refractivity contribution is 6.31. The number of carbonyl (C=O) groups is 1. The molecule has 2 rings (SSSR count). The maximum absolute atomic E-state index is 11.2. The van der Waals surface area contributed by atoms with E-state index in [-0.39, 0.29) is 11.4 Å². The van der Waals surface area contributed by atoms with Crippen molar-refractivity contribution in [3.05, 3.63) is 28.9 Å². The lowest BCUT2D eigenvalue weighted by Gasteiger charge is -1.94. The second-order valence-electron chi connectivity index (χ2n) is 3.06. The van der Waals surface area contributed by atoms with Crippen LogP contribution in [-0.2, 0) is 4.74 Å². The van der Waals surface area contributed by atoms with Crippen molar-refractivity contribution >= 4 is 28.5 Å². The fraction of sp³-hybridized carbons (Fsp3) is 0.100. The first-order valence-electron chi connectivity index (χ1n) is 4.21. The standard InChI is InChI=1S/C10H8ClNO3/c1-15-10(14)8-4-6-7(12-8)2-5(11)3-9(6)13/h2-4,12-13H,1H3. The number of aromatic nitrogens is 1. The van der Waals surface area contributed by atoms with Gasteiger partial charge in [-0.2, -0.15) is 0 Å². The molecule has 0 saturated carbocycles. The Morgan fingerprint density at radius 3 is 2.87 bits per heavy atom. The van der Waals surface area contributed by atoms with Crippen LogP contribution in [0.2, 0.25) is 5.02 Å². The molecule has 0 bridgehead atoms. The van der Waals surface area contributed by atoms with Gasteiger partial charge < -0.3 is 14.8 Å². The lowest BCUT2D eigenvalue weighted by Crippen LogP contribution is -2.00. The number of H-pyrrole nitrogens is 1. The number of aromatic hydroxyl groups is 1. The molecule has 0 aliphatic heterocycles. The van der Waals surface area contributed by atoms with Crippen molar-refractivity contribution in [2.75, 3.05) is 7.11 Å². The number of fused-ring (bicyclic) bond motifs is 1. The van der Waals surface area contributed by atoms with Gasteiger partial charge in [0, 0.05) is 10.4 Å². The zero-order valence-electron chi connectivity index (χ0n) is 7.87. The average Bonchev–Trinajstić information content (AvgIpc) is 2.60. The fourth-order valence-corrected chi connectivity index (χ4v) is 1.62. The number of phenolic OH excluding ortho intramolecular Hbond substituents is 1. The predicted octanol–water partition coefficient (Wildman–Crippen LogP) is 2.31. The number of hydrogen-bond donors (Lipinski definition) is 2. The topological polar surface area (TPSA) is 62.3 Å². The van der Waals surface area contributed by atoms with Crippen molar-refractivity contribution in [3.8, 4) is 5.75 Å². The Kier molecular flexibility index (Phi) is 2.28. The van der Waals surface area contributed by atoms with Crippen LogP contribution in [0.3, 0.4) is 0 Å². The number of benzene rings is 1. The van der Waals surface area contributed by atoms with Crippen LogP contribution in [-0.4, -0.2) is 23.2 Å². The lowest BCUT2D eigenvalue weighted by molar-refractivity contribution is 0.0595. The summed E-state index contributed by atoms with van der Waals surface area (Å²) in [5, 5.41) is 10.5. The third-order valence-electron chi connectivity index (χ3n) is 2.09. The molecule has 1 aromatic heterocycles. The Bertz CT molecular complexity index is 533. The molecule has 0 radical (unpaired) electrons. The van der Waals surface area contributed by atoms with E-state index in [2.05, 4.69) is 9.72 Å². The van der Waals surface area contributed by atoms with Crippen LogP contribution in [0.4, 0.5) is 0 Å². The maximum atomic E-state index is 11.2. The Labute approximate surface area is 90.4 Å². The van der Waals surface area contributed by atoms with E-state index in [0.29, 0.717) is 15.9 Å². The summed E-state index contributed by atoms with van der Waals surface area (Å²) in [5.41, 5.74) is 0.880. The number of ether oxygens (including phenoxy) is 1. The molecule has 0 unspecified atom stereocenters. The Hall–Kier alpha value is -1.68. The third-order valence-corrected chi connectivity index (χ3v) is 2.30. The van der Waals surface area contributed by atoms with Crippen LogP contribution in [0, 0.1) is 0 Å². The van der Waals surface area contributed by atoms with Crippen molar-refractivity contribution in [2.24, 2.45) is 0 Å². The SMILES string of the molecule is COC(=O)c1cc2c(O)cc(Cl)cc2[nH]1. The number of hydrogen-bond acceptors (Lipinski definition) is 3. The summed E-state index contributed by atoms with van der Waals surface area (Å²) in [5.74, 6) is -0.453. The van der Waals surface area contributed by atoms with Crippen molar-refractivity contribution in [1.82, 2.24) is 4.98 Å². The zero-order valence-corrected chi connectivity index (χ0v) is 8.63. The summed E-state index contributed by atoms with van der Waals surface area (Å²) in [6.45, 7) is 0. The molecule has 0 aliphatic rings. The van der Waals surface area contributed by atoms with Gasteiger partial charge in [-0.3, -0.25) is 0 Å². The van der Waals surface area contributed by atoms with Crippen LogP contribution in [0.5, 0.6) is 5.75 Å². The van der Waals surface area contributed by atoms with Gasteiger partial charge in [0.05, 0.1) is 12.6 Å². The van der Waals surface area contributed by atoms with Crippen LogP contribution in [0.25, 0.3) is 10.9 Å². The Morgan fingerprint density at radius 2 is 2.20 bits per heavy atom. The molecule has 1 heterocycles. The molecule has 4 nitrogen and oxygen atoms in total. The third kappa shape index (κ3) is 1.64. The minimum atomic E-state index is -0.485. The van der Waals surface area contributed by atoms with Gasteiger partial charge in [0.2, 0.25) is 0 Å². The number of esters is 1. The van der Waals surface area contributed by atoms with Crippen molar-refractivity contribution < 1.29 is 14.6 Å². The van der Waals surface area contributed by atoms with Crippen LogP contribution in [0.1, 0.15) is 10.5 Å². The first-order chi connectivity index (χ1) is 7.11. The smallest absolute Gasteiger partial charge is 0.354 e. The number of carbonyl (C=O) groups excluding carboxylic acids is 1. The van der Waals surface area contributed by atoms with E-state index in [4.69, 9.17) is 11.6 Å². The summed E-state index contributed by atoms with van der Waals surface area (Å²) >= 11 is 5.75. The summed E-state index contributed by atoms with van der Waals surface area (Å²) in [6, 6.07) is 4.56. The highest BCUT2D eigenvalue weighted by atomic mass is 35.5. The Balaban J connectivity index is 2.65. The quantitative estimate of drug-likeness (QED) is 0.732. The molecular formula is C10H8ClNO3. The molecular weight excluding hydrogens is 218 g/mol. The van der Waals surface area contributed by atoms with Gasteiger partial charge in [0.1, 0.15) is 11.4 Å². The molecule has 0 spiro atoms. The van der Waals surface area contributed by atoms with Gasteiger partial charge in [-0.15, -0.1) is 0 Å². The second-order valence-corrected chi connectivity index (χ2v) is 3.50. The molecule has 0 aliphatic carbocycles. The highest BCUT2D eigenvalue weighted by Crippen LogP contribution is 2.29. The van der Waals surface area contributed by atoms with Crippen LogP contribution in [0.15, 0.2) is 18.2 Å². The first kappa shape index (κ1) is 9.86. The van der Waals surface area contributed by atoms with Gasteiger partial charge >= 0.3 is 5.97 Å². The van der Waals surface area contributed by atoms with Gasteiger partial charge in [-0.25, -0.2) is 4.79 Å². The Morgan fingerprint density at radius 1 is 1.47 bits per heavy atom. The van der Waals surface area contributed by atoms with Crippen molar-refractivity contribution in [3.63, 3.8) is 0 Å². The van der Waals surface area contributed by atoms with Crippen molar-refractivity contribution in [2.45, 2.75) is 0 Å². The second kappa shape index (κ2) is 3.47. The van der Waals surface area contributed by atoms with E-state index >= 15 is 0 Å². The highest BCUT2D eigenvalue weighted by Gasteiger charge is 2.12. The predicted molar refractivity (Wildman–Crippen MR) is 56.3 cm³/mol. The summed E-state index contributed by atoms with van der Waals surface area (Å²) in [4.78, 5) is 14.0. The first-order valence-corrected chi connectivity index (χ1v) is 4.59. The molecule has 2 aromatic rings. The molecule has 2 N–H and O–H groups in total. The van der Waals surface area contributed by atoms with E-state index in [1.807, 2.05) is 0 Å². The van der Waals surface area contributed by atoms with E-state index < -0.39 is 5.97 Å². The monoisotopic (exact) mass is 225 g/mol. The van der Waals surface area contributed by atoms with Gasteiger partial charge in [0.15, 0.2) is 0 Å². The van der Waals surface area contributed by atoms with Crippen LogP contribution < -0.4 is 0 Å². The normalized spacial score (nSPS) is 10.5. The maximum Gasteiger partial charge on any atom is 0.354 e. The molecule has 0 saturated heterocycles. The number of methoxy groups -OCH3 is 1. The molecule has 0 atom stereocenters. The fourth-order valence-electron chi connectivity index (χ4n) is 1.40. The van der Waals surface area contributed by atoms with Gasteiger partial charge in [-0.1, -0.05) is 11.6 Å². The number of nitrogens with one attached hydrogen (secondary N) is 1. The minimum Gasteiger partial charge on any atom is -0.507 e. The largest absolute Gasteiger partial charge is 0.507 e. The molecule has 5 heteroatoms. The number of halogens is 1. The van der Waals surface area contributed by atoms with Crippen LogP contribution >= 0.6 is 11.6 Å². The lowest BCUT2D eigenvalue weighted by atomic mass is 10.2. The van der Waals surface area contributed by atoms with E-state index in [0.717, 1.165) is 0 Å². The zero-order chi connectivity index (χ0) is 11.0. The average molecular weight is 226 g/mol. The van der Waals surface area contributed by atoms with Crippen molar-refractivity contribution in [1.29, 1.82) is 0 Å². The summed E-state index contributed by atoms with van der Waals surface area (Å²) in [7, 11) is 1.29. The summed E-state index contributed by atoms with van der Waals surface area (Å²) in [6.07, 6.45) is 0. The van der Waals surface area contributed by atoms with E-state index in [1.165, 1.54) is 19.2 Å².